The van der Waals surface area contributed by atoms with Crippen molar-refractivity contribution in [1.82, 2.24) is 9.55 Å². The molecule has 108 valence electrons. The molecule has 1 N–H and O–H groups in total. The molecule has 1 aromatic heterocycles. The largest absolute Gasteiger partial charge is 0.378 e. The predicted molar refractivity (Wildman–Crippen MR) is 95.5 cm³/mol. The molecule has 0 fully saturated rings. The molecule has 0 radical (unpaired) electrons. The molecule has 3 aromatic rings. The number of fused-ring (bicyclic) bond motifs is 1. The van der Waals surface area contributed by atoms with E-state index >= 15 is 0 Å². The Morgan fingerprint density at radius 1 is 1.24 bits per heavy atom. The van der Waals surface area contributed by atoms with E-state index in [9.17, 15) is 4.39 Å². The van der Waals surface area contributed by atoms with E-state index in [4.69, 9.17) is 12.2 Å². The van der Waals surface area contributed by atoms with Crippen molar-refractivity contribution in [1.29, 1.82) is 0 Å². The van der Waals surface area contributed by atoms with Crippen molar-refractivity contribution in [2.75, 3.05) is 19.0 Å². The van der Waals surface area contributed by atoms with Crippen LogP contribution in [0.15, 0.2) is 36.4 Å². The molecule has 2 aromatic carbocycles. The Kier molecular flexibility index (Phi) is 3.75. The maximum absolute atomic E-state index is 13.9. The molecule has 3 nitrogen and oxygen atoms in total. The summed E-state index contributed by atoms with van der Waals surface area (Å²) in [5.74, 6) is -0.241. The number of hydrogen-bond acceptors (Lipinski definition) is 2. The molecule has 21 heavy (non-hydrogen) atoms. The van der Waals surface area contributed by atoms with Crippen molar-refractivity contribution in [2.45, 2.75) is 0 Å². The van der Waals surface area contributed by atoms with E-state index in [2.05, 4.69) is 4.98 Å². The second-order valence-electron chi connectivity index (χ2n) is 4.96. The Balaban J connectivity index is 2.30. The van der Waals surface area contributed by atoms with Gasteiger partial charge >= 0.3 is 0 Å². The first-order valence-electron chi connectivity index (χ1n) is 6.35. The van der Waals surface area contributed by atoms with Gasteiger partial charge in [-0.3, -0.25) is 4.57 Å². The number of aromatic amines is 1. The first-order chi connectivity index (χ1) is 9.97. The first-order valence-corrected chi connectivity index (χ1v) is 7.83. The maximum Gasteiger partial charge on any atom is 0.182 e. The van der Waals surface area contributed by atoms with Gasteiger partial charge in [-0.1, -0.05) is 6.07 Å². The van der Waals surface area contributed by atoms with Gasteiger partial charge in [0.25, 0.3) is 0 Å². The van der Waals surface area contributed by atoms with Crippen LogP contribution in [-0.4, -0.2) is 23.6 Å². The second-order valence-corrected chi connectivity index (χ2v) is 6.51. The second kappa shape index (κ2) is 5.42. The van der Waals surface area contributed by atoms with Gasteiger partial charge in [-0.15, -0.1) is 0 Å². The van der Waals surface area contributed by atoms with Crippen LogP contribution in [0.2, 0.25) is 0 Å². The minimum atomic E-state index is -0.241. The number of anilines is 1. The fourth-order valence-corrected chi connectivity index (χ4v) is 3.05. The van der Waals surface area contributed by atoms with Crippen LogP contribution in [0.25, 0.3) is 16.7 Å². The third-order valence-electron chi connectivity index (χ3n) is 3.33. The van der Waals surface area contributed by atoms with Gasteiger partial charge in [0.05, 0.1) is 20.3 Å². The third kappa shape index (κ3) is 2.57. The van der Waals surface area contributed by atoms with Gasteiger partial charge in [0.2, 0.25) is 0 Å². The summed E-state index contributed by atoms with van der Waals surface area (Å²) in [5, 5.41) is 0. The highest BCUT2D eigenvalue weighted by molar-refractivity contribution is 14.1. The van der Waals surface area contributed by atoms with Crippen LogP contribution in [-0.2, 0) is 0 Å². The van der Waals surface area contributed by atoms with E-state index in [1.54, 1.807) is 6.07 Å². The zero-order valence-electron chi connectivity index (χ0n) is 11.5. The highest BCUT2D eigenvalue weighted by Crippen LogP contribution is 2.25. The molecule has 0 aliphatic heterocycles. The number of halogens is 2. The standard InChI is InChI=1S/C15H13FIN3S/c1-19(2)9-4-3-5-10(6-9)20-14-7-11(16)12(17)8-13(14)18-15(20)21/h3-8H,1-2H3,(H,18,21). The maximum atomic E-state index is 13.9. The van der Waals surface area contributed by atoms with E-state index in [1.165, 1.54) is 6.07 Å². The first kappa shape index (κ1) is 14.5. The smallest absolute Gasteiger partial charge is 0.182 e. The summed E-state index contributed by atoms with van der Waals surface area (Å²) in [6.07, 6.45) is 0. The minimum Gasteiger partial charge on any atom is -0.378 e. The van der Waals surface area contributed by atoms with Crippen LogP contribution in [0.1, 0.15) is 0 Å². The third-order valence-corrected chi connectivity index (χ3v) is 4.44. The summed E-state index contributed by atoms with van der Waals surface area (Å²) < 4.78 is 16.9. The molecule has 0 saturated heterocycles. The van der Waals surface area contributed by atoms with Gasteiger partial charge in [-0.2, -0.15) is 0 Å². The van der Waals surface area contributed by atoms with E-state index in [0.717, 1.165) is 22.4 Å². The number of rotatable bonds is 2. The number of benzene rings is 2. The summed E-state index contributed by atoms with van der Waals surface area (Å²) in [6.45, 7) is 0. The zero-order chi connectivity index (χ0) is 15.1. The van der Waals surface area contributed by atoms with Crippen molar-refractivity contribution in [3.63, 3.8) is 0 Å². The van der Waals surface area contributed by atoms with Crippen LogP contribution >= 0.6 is 34.8 Å². The normalized spacial score (nSPS) is 11.0. The molecule has 1 heterocycles. The molecule has 0 atom stereocenters. The summed E-state index contributed by atoms with van der Waals surface area (Å²) in [6, 6.07) is 11.3. The van der Waals surface area contributed by atoms with Crippen molar-refractivity contribution in [2.24, 2.45) is 0 Å². The lowest BCUT2D eigenvalue weighted by molar-refractivity contribution is 0.622. The van der Waals surface area contributed by atoms with Gasteiger partial charge in [0.1, 0.15) is 5.82 Å². The van der Waals surface area contributed by atoms with Crippen molar-refractivity contribution < 1.29 is 4.39 Å². The Hall–Kier alpha value is -1.41. The molecule has 0 bridgehead atoms. The minimum absolute atomic E-state index is 0.241. The quantitative estimate of drug-likeness (QED) is 0.494. The summed E-state index contributed by atoms with van der Waals surface area (Å²) in [4.78, 5) is 5.15. The summed E-state index contributed by atoms with van der Waals surface area (Å²) in [7, 11) is 3.96. The van der Waals surface area contributed by atoms with Crippen LogP contribution in [0.4, 0.5) is 10.1 Å². The molecule has 3 rings (SSSR count). The molecule has 6 heteroatoms. The van der Waals surface area contributed by atoms with E-state index < -0.39 is 0 Å². The molecule has 0 spiro atoms. The van der Waals surface area contributed by atoms with E-state index in [-0.39, 0.29) is 5.82 Å². The fourth-order valence-electron chi connectivity index (χ4n) is 2.27. The Morgan fingerprint density at radius 2 is 2.00 bits per heavy atom. The number of hydrogen-bond donors (Lipinski definition) is 1. The zero-order valence-corrected chi connectivity index (χ0v) is 14.5. The molecular formula is C15H13FIN3S. The number of imidazole rings is 1. The lowest BCUT2D eigenvalue weighted by Crippen LogP contribution is -2.09. The Bertz CT molecular complexity index is 882. The van der Waals surface area contributed by atoms with Gasteiger partial charge < -0.3 is 9.88 Å². The number of nitrogens with zero attached hydrogens (tertiary/aromatic N) is 2. The molecule has 0 saturated carbocycles. The average Bonchev–Trinajstić information content (AvgIpc) is 2.74. The lowest BCUT2D eigenvalue weighted by atomic mass is 10.2. The Labute approximate surface area is 140 Å². The van der Waals surface area contributed by atoms with Crippen LogP contribution in [0, 0.1) is 14.2 Å². The number of nitrogens with one attached hydrogen (secondary N) is 1. The van der Waals surface area contributed by atoms with Crippen LogP contribution < -0.4 is 4.90 Å². The van der Waals surface area contributed by atoms with Gasteiger partial charge in [-0.25, -0.2) is 4.39 Å². The van der Waals surface area contributed by atoms with E-state index in [1.807, 2.05) is 70.4 Å². The number of aromatic nitrogens is 2. The highest BCUT2D eigenvalue weighted by Gasteiger charge is 2.11. The average molecular weight is 413 g/mol. The monoisotopic (exact) mass is 413 g/mol. The lowest BCUT2D eigenvalue weighted by Gasteiger charge is -2.14. The number of H-pyrrole nitrogens is 1. The molecular weight excluding hydrogens is 400 g/mol. The van der Waals surface area contributed by atoms with Crippen LogP contribution in [0.3, 0.4) is 0 Å². The molecule has 0 aliphatic rings. The van der Waals surface area contributed by atoms with Gasteiger partial charge in [0, 0.05) is 25.8 Å². The topological polar surface area (TPSA) is 24.0 Å². The molecule has 0 amide bonds. The molecule has 0 aliphatic carbocycles. The van der Waals surface area contributed by atoms with Gasteiger partial charge in [0.15, 0.2) is 4.77 Å². The van der Waals surface area contributed by atoms with Crippen molar-refractivity contribution >= 4 is 51.5 Å². The Morgan fingerprint density at radius 3 is 2.71 bits per heavy atom. The predicted octanol–water partition coefficient (Wildman–Crippen LogP) is 4.50. The van der Waals surface area contributed by atoms with E-state index in [0.29, 0.717) is 8.34 Å². The molecule has 0 unspecified atom stereocenters. The van der Waals surface area contributed by atoms with Gasteiger partial charge in [-0.05, 0) is 59.1 Å². The van der Waals surface area contributed by atoms with Crippen molar-refractivity contribution in [3.8, 4) is 5.69 Å². The highest BCUT2D eigenvalue weighted by atomic mass is 127. The SMILES string of the molecule is CN(C)c1cccc(-n2c(=S)[nH]c3cc(I)c(F)cc32)c1. The van der Waals surface area contributed by atoms with Crippen LogP contribution in [0.5, 0.6) is 0 Å². The van der Waals surface area contributed by atoms with Crippen molar-refractivity contribution in [3.05, 3.63) is 50.6 Å². The fraction of sp³-hybridized carbons (Fsp3) is 0.133. The summed E-state index contributed by atoms with van der Waals surface area (Å²) in [5.41, 5.74) is 3.56. The summed E-state index contributed by atoms with van der Waals surface area (Å²) >= 11 is 7.38.